The quantitative estimate of drug-likeness (QED) is 0.398. The van der Waals surface area contributed by atoms with Crippen LogP contribution in [0, 0.1) is 0 Å². The number of ether oxygens (including phenoxy) is 2. The molecule has 0 aromatic heterocycles. The highest BCUT2D eigenvalue weighted by Crippen LogP contribution is 2.17. The first-order valence-electron chi connectivity index (χ1n) is 5.28. The Labute approximate surface area is 91.1 Å². The van der Waals surface area contributed by atoms with Gasteiger partial charge in [0, 0.05) is 5.57 Å². The molecule has 4 nitrogen and oxygen atoms in total. The van der Waals surface area contributed by atoms with Gasteiger partial charge in [0.15, 0.2) is 0 Å². The average Bonchev–Trinajstić information content (AvgIpc) is 2.21. The molecule has 4 heteroatoms. The van der Waals surface area contributed by atoms with E-state index in [-0.39, 0.29) is 12.2 Å². The van der Waals surface area contributed by atoms with Crippen LogP contribution in [0.5, 0.6) is 0 Å². The number of nitrogens with zero attached hydrogens (tertiary/aromatic N) is 1. The number of rotatable bonds is 3. The summed E-state index contributed by atoms with van der Waals surface area (Å²) in [4.78, 5) is 11.4. The molecule has 0 amide bonds. The van der Waals surface area contributed by atoms with Crippen LogP contribution in [-0.4, -0.2) is 50.0 Å². The normalized spacial score (nSPS) is 31.0. The van der Waals surface area contributed by atoms with Gasteiger partial charge >= 0.3 is 5.97 Å². The maximum absolute atomic E-state index is 11.4. The summed E-state index contributed by atoms with van der Waals surface area (Å²) in [5.74, 6) is -0.330. The number of morpholine rings is 1. The van der Waals surface area contributed by atoms with Gasteiger partial charge in [-0.15, -0.1) is 0 Å². The van der Waals surface area contributed by atoms with Gasteiger partial charge in [-0.1, -0.05) is 6.58 Å². The number of carbonyl (C=O) groups excluding carboxylic acids is 1. The summed E-state index contributed by atoms with van der Waals surface area (Å²) in [6.07, 6.45) is -0.201. The molecule has 1 heterocycles. The molecule has 0 saturated carbocycles. The first-order chi connectivity index (χ1) is 6.99. The van der Waals surface area contributed by atoms with Crippen LogP contribution >= 0.6 is 0 Å². The molecule has 2 atom stereocenters. The van der Waals surface area contributed by atoms with E-state index >= 15 is 0 Å². The lowest BCUT2D eigenvalue weighted by molar-refractivity contribution is -0.958. The van der Waals surface area contributed by atoms with Gasteiger partial charge in [-0.25, -0.2) is 4.79 Å². The SMILES string of the molecule is C=C(C)C(=O)OC1COCC[N+]1(C)CC. The molecular formula is C11H20NO3+. The molecule has 2 unspecified atom stereocenters. The van der Waals surface area contributed by atoms with Gasteiger partial charge in [-0.2, -0.15) is 0 Å². The zero-order valence-electron chi connectivity index (χ0n) is 9.78. The van der Waals surface area contributed by atoms with Gasteiger partial charge < -0.3 is 9.47 Å². The highest BCUT2D eigenvalue weighted by molar-refractivity contribution is 5.87. The summed E-state index contributed by atoms with van der Waals surface area (Å²) < 4.78 is 11.4. The summed E-state index contributed by atoms with van der Waals surface area (Å²) in [5, 5.41) is 0. The summed E-state index contributed by atoms with van der Waals surface area (Å²) in [6.45, 7) is 10.3. The molecule has 0 aliphatic carbocycles. The molecule has 0 radical (unpaired) electrons. The third-order valence-electron chi connectivity index (χ3n) is 3.02. The lowest BCUT2D eigenvalue weighted by Gasteiger charge is -2.42. The van der Waals surface area contributed by atoms with Crippen molar-refractivity contribution in [3.8, 4) is 0 Å². The smallest absolute Gasteiger partial charge is 0.337 e. The van der Waals surface area contributed by atoms with Crippen molar-refractivity contribution in [2.24, 2.45) is 0 Å². The van der Waals surface area contributed by atoms with Crippen LogP contribution in [0.15, 0.2) is 12.2 Å². The molecule has 1 aliphatic heterocycles. The van der Waals surface area contributed by atoms with E-state index in [1.165, 1.54) is 0 Å². The van der Waals surface area contributed by atoms with Gasteiger partial charge in [-0.3, -0.25) is 4.48 Å². The summed E-state index contributed by atoms with van der Waals surface area (Å²) in [5.41, 5.74) is 0.434. The molecular weight excluding hydrogens is 194 g/mol. The third-order valence-corrected chi connectivity index (χ3v) is 3.02. The van der Waals surface area contributed by atoms with E-state index in [9.17, 15) is 4.79 Å². The minimum absolute atomic E-state index is 0.201. The third kappa shape index (κ3) is 2.79. The van der Waals surface area contributed by atoms with Crippen LogP contribution in [0.25, 0.3) is 0 Å². The van der Waals surface area contributed by atoms with Crippen molar-refractivity contribution in [1.82, 2.24) is 0 Å². The van der Waals surface area contributed by atoms with Crippen LogP contribution in [-0.2, 0) is 14.3 Å². The minimum atomic E-state index is -0.330. The van der Waals surface area contributed by atoms with Gasteiger partial charge in [0.25, 0.3) is 6.23 Å². The Balaban J connectivity index is 2.65. The molecule has 1 rings (SSSR count). The van der Waals surface area contributed by atoms with Crippen LogP contribution in [0.4, 0.5) is 0 Å². The second kappa shape index (κ2) is 4.77. The van der Waals surface area contributed by atoms with Crippen molar-refractivity contribution in [3.05, 3.63) is 12.2 Å². The van der Waals surface area contributed by atoms with E-state index in [4.69, 9.17) is 9.47 Å². The van der Waals surface area contributed by atoms with Crippen LogP contribution in [0.1, 0.15) is 13.8 Å². The van der Waals surface area contributed by atoms with Crippen LogP contribution in [0.3, 0.4) is 0 Å². The predicted octanol–water partition coefficient (Wildman–Crippen LogP) is 0.928. The number of quaternary nitrogens is 1. The van der Waals surface area contributed by atoms with Crippen molar-refractivity contribution in [2.45, 2.75) is 20.1 Å². The van der Waals surface area contributed by atoms with Crippen LogP contribution in [0.2, 0.25) is 0 Å². The number of likely N-dealkylation sites (N-methyl/N-ethyl adjacent to an activating group) is 1. The molecule has 0 N–H and O–H groups in total. The number of esters is 1. The minimum Gasteiger partial charge on any atom is -0.406 e. The lowest BCUT2D eigenvalue weighted by Crippen LogP contribution is -2.60. The van der Waals surface area contributed by atoms with Crippen molar-refractivity contribution in [3.63, 3.8) is 0 Å². The van der Waals surface area contributed by atoms with Gasteiger partial charge in [0.05, 0.1) is 20.2 Å². The van der Waals surface area contributed by atoms with E-state index in [1.807, 2.05) is 0 Å². The molecule has 1 saturated heterocycles. The zero-order chi connectivity index (χ0) is 11.5. The molecule has 0 bridgehead atoms. The zero-order valence-corrected chi connectivity index (χ0v) is 9.78. The van der Waals surface area contributed by atoms with E-state index in [0.717, 1.165) is 24.2 Å². The monoisotopic (exact) mass is 214 g/mol. The van der Waals surface area contributed by atoms with Crippen molar-refractivity contribution >= 4 is 5.97 Å². The van der Waals surface area contributed by atoms with Gasteiger partial charge in [0.1, 0.15) is 13.2 Å². The Bertz CT molecular complexity index is 265. The van der Waals surface area contributed by atoms with Crippen molar-refractivity contribution in [2.75, 3.05) is 33.4 Å². The lowest BCUT2D eigenvalue weighted by atomic mass is 10.3. The number of hydrogen-bond acceptors (Lipinski definition) is 3. The fraction of sp³-hybridized carbons (Fsp3) is 0.727. The summed E-state index contributed by atoms with van der Waals surface area (Å²) in [6, 6.07) is 0. The van der Waals surface area contributed by atoms with Gasteiger partial charge in [0.2, 0.25) is 0 Å². The van der Waals surface area contributed by atoms with Crippen LogP contribution < -0.4 is 0 Å². The maximum Gasteiger partial charge on any atom is 0.337 e. The average molecular weight is 214 g/mol. The highest BCUT2D eigenvalue weighted by Gasteiger charge is 2.37. The largest absolute Gasteiger partial charge is 0.406 e. The molecule has 1 aliphatic rings. The summed E-state index contributed by atoms with van der Waals surface area (Å²) >= 11 is 0. The molecule has 86 valence electrons. The first kappa shape index (κ1) is 12.2. The first-order valence-corrected chi connectivity index (χ1v) is 5.28. The number of carbonyl (C=O) groups is 1. The topological polar surface area (TPSA) is 35.5 Å². The van der Waals surface area contributed by atoms with Gasteiger partial charge in [-0.05, 0) is 13.8 Å². The van der Waals surface area contributed by atoms with Crippen molar-refractivity contribution in [1.29, 1.82) is 0 Å². The fourth-order valence-corrected chi connectivity index (χ4v) is 1.53. The maximum atomic E-state index is 11.4. The van der Waals surface area contributed by atoms with Crippen molar-refractivity contribution < 1.29 is 18.8 Å². The standard InChI is InChI=1S/C11H20NO3/c1-5-12(4)6-7-14-8-10(12)15-11(13)9(2)3/h10H,2,5-8H2,1,3-4H3/q+1. The molecule has 15 heavy (non-hydrogen) atoms. The number of hydrogen-bond donors (Lipinski definition) is 0. The molecule has 0 aromatic rings. The van der Waals surface area contributed by atoms with E-state index in [0.29, 0.717) is 12.2 Å². The predicted molar refractivity (Wildman–Crippen MR) is 57.1 cm³/mol. The van der Waals surface area contributed by atoms with E-state index < -0.39 is 0 Å². The second-order valence-corrected chi connectivity index (χ2v) is 4.23. The Kier molecular flexibility index (Phi) is 3.88. The molecule has 0 spiro atoms. The summed E-state index contributed by atoms with van der Waals surface area (Å²) in [7, 11) is 2.08. The van der Waals surface area contributed by atoms with E-state index in [2.05, 4.69) is 20.6 Å². The molecule has 0 aromatic carbocycles. The highest BCUT2D eigenvalue weighted by atomic mass is 16.6. The Morgan fingerprint density at radius 3 is 2.87 bits per heavy atom. The van der Waals surface area contributed by atoms with E-state index in [1.54, 1.807) is 6.92 Å². The Morgan fingerprint density at radius 1 is 1.67 bits per heavy atom. The Hall–Kier alpha value is -0.870. The molecule has 1 fully saturated rings. The second-order valence-electron chi connectivity index (χ2n) is 4.23. The fourth-order valence-electron chi connectivity index (χ4n) is 1.53. The Morgan fingerprint density at radius 2 is 2.33 bits per heavy atom.